The average molecular weight is 193 g/mol. The van der Waals surface area contributed by atoms with Gasteiger partial charge in [0.05, 0.1) is 6.04 Å². The summed E-state index contributed by atoms with van der Waals surface area (Å²) < 4.78 is 0. The van der Waals surface area contributed by atoms with E-state index in [1.54, 1.807) is 0 Å². The highest BCUT2D eigenvalue weighted by Crippen LogP contribution is 2.31. The van der Waals surface area contributed by atoms with Gasteiger partial charge in [0.1, 0.15) is 5.82 Å². The molecule has 1 aromatic heterocycles. The number of hydrogen-bond acceptors (Lipinski definition) is 2. The number of imidazole rings is 1. The van der Waals surface area contributed by atoms with Crippen LogP contribution in [0.4, 0.5) is 0 Å². The fourth-order valence-electron chi connectivity index (χ4n) is 2.20. The number of nitrogens with zero attached hydrogens (tertiary/aromatic N) is 1. The van der Waals surface area contributed by atoms with Gasteiger partial charge < -0.3 is 10.7 Å². The molecule has 0 bridgehead atoms. The van der Waals surface area contributed by atoms with Crippen LogP contribution in [0.25, 0.3) is 0 Å². The van der Waals surface area contributed by atoms with Crippen LogP contribution in [0.2, 0.25) is 0 Å². The Bertz CT molecular complexity index is 284. The van der Waals surface area contributed by atoms with E-state index in [2.05, 4.69) is 9.97 Å². The summed E-state index contributed by atoms with van der Waals surface area (Å²) in [5.74, 6) is 1.62. The minimum Gasteiger partial charge on any atom is -0.344 e. The highest BCUT2D eigenvalue weighted by atomic mass is 15.0. The van der Waals surface area contributed by atoms with Crippen molar-refractivity contribution in [3.05, 3.63) is 17.7 Å². The van der Waals surface area contributed by atoms with Crippen molar-refractivity contribution in [3.8, 4) is 0 Å². The quantitative estimate of drug-likeness (QED) is 0.758. The lowest BCUT2D eigenvalue weighted by atomic mass is 9.87. The van der Waals surface area contributed by atoms with Crippen LogP contribution < -0.4 is 5.73 Å². The van der Waals surface area contributed by atoms with Crippen molar-refractivity contribution in [3.63, 3.8) is 0 Å². The van der Waals surface area contributed by atoms with Gasteiger partial charge in [0, 0.05) is 17.8 Å². The Balaban J connectivity index is 2.07. The molecule has 3 heteroatoms. The van der Waals surface area contributed by atoms with E-state index in [9.17, 15) is 0 Å². The van der Waals surface area contributed by atoms with Gasteiger partial charge in [-0.1, -0.05) is 19.3 Å². The first-order valence-electron chi connectivity index (χ1n) is 5.58. The zero-order chi connectivity index (χ0) is 9.97. The van der Waals surface area contributed by atoms with Gasteiger partial charge in [-0.2, -0.15) is 0 Å². The maximum absolute atomic E-state index is 5.76. The van der Waals surface area contributed by atoms with Gasteiger partial charge in [0.15, 0.2) is 0 Å². The number of aromatic nitrogens is 2. The molecule has 0 aliphatic heterocycles. The molecule has 78 valence electrons. The van der Waals surface area contributed by atoms with E-state index in [0.717, 1.165) is 5.82 Å². The van der Waals surface area contributed by atoms with Crippen LogP contribution in [0.1, 0.15) is 62.5 Å². The summed E-state index contributed by atoms with van der Waals surface area (Å²) in [6.45, 7) is 1.96. The Labute approximate surface area is 85.1 Å². The standard InChI is InChI=1S/C11H19N3/c1-8(12)11-13-7-10(14-11)9-5-3-2-4-6-9/h7-9H,2-6,12H2,1H3,(H,13,14). The molecule has 1 saturated carbocycles. The molecule has 1 aliphatic rings. The fraction of sp³-hybridized carbons (Fsp3) is 0.727. The summed E-state index contributed by atoms with van der Waals surface area (Å²) in [5.41, 5.74) is 7.05. The highest BCUT2D eigenvalue weighted by Gasteiger charge is 2.17. The summed E-state index contributed by atoms with van der Waals surface area (Å²) in [6, 6.07) is 0.0207. The van der Waals surface area contributed by atoms with E-state index < -0.39 is 0 Å². The van der Waals surface area contributed by atoms with E-state index in [1.165, 1.54) is 37.8 Å². The summed E-state index contributed by atoms with van der Waals surface area (Å²) in [5, 5.41) is 0. The van der Waals surface area contributed by atoms with Crippen LogP contribution in [-0.2, 0) is 0 Å². The summed E-state index contributed by atoms with van der Waals surface area (Å²) in [4.78, 5) is 7.66. The van der Waals surface area contributed by atoms with Crippen LogP contribution in [0.15, 0.2) is 6.20 Å². The lowest BCUT2D eigenvalue weighted by molar-refractivity contribution is 0.437. The second-order valence-corrected chi connectivity index (χ2v) is 4.35. The topological polar surface area (TPSA) is 54.7 Å². The third-order valence-electron chi connectivity index (χ3n) is 3.09. The lowest BCUT2D eigenvalue weighted by Crippen LogP contribution is -2.08. The van der Waals surface area contributed by atoms with Crippen LogP contribution in [0.3, 0.4) is 0 Å². The monoisotopic (exact) mass is 193 g/mol. The Morgan fingerprint density at radius 3 is 2.71 bits per heavy atom. The second kappa shape index (κ2) is 4.13. The van der Waals surface area contributed by atoms with E-state index in [-0.39, 0.29) is 6.04 Å². The Morgan fingerprint density at radius 2 is 2.14 bits per heavy atom. The minimum absolute atomic E-state index is 0.0207. The molecule has 0 saturated heterocycles. The molecule has 14 heavy (non-hydrogen) atoms. The summed E-state index contributed by atoms with van der Waals surface area (Å²) in [7, 11) is 0. The van der Waals surface area contributed by atoms with Gasteiger partial charge >= 0.3 is 0 Å². The van der Waals surface area contributed by atoms with Crippen molar-refractivity contribution in [2.75, 3.05) is 0 Å². The SMILES string of the molecule is CC(N)c1ncc(C2CCCCC2)[nH]1. The van der Waals surface area contributed by atoms with E-state index in [1.807, 2.05) is 13.1 Å². The number of rotatable bonds is 2. The molecule has 1 fully saturated rings. The Hall–Kier alpha value is -0.830. The van der Waals surface area contributed by atoms with E-state index in [0.29, 0.717) is 5.92 Å². The van der Waals surface area contributed by atoms with Gasteiger partial charge in [-0.05, 0) is 19.8 Å². The number of hydrogen-bond donors (Lipinski definition) is 2. The van der Waals surface area contributed by atoms with E-state index >= 15 is 0 Å². The fourth-order valence-corrected chi connectivity index (χ4v) is 2.20. The highest BCUT2D eigenvalue weighted by molar-refractivity contribution is 5.09. The van der Waals surface area contributed by atoms with Crippen LogP contribution in [-0.4, -0.2) is 9.97 Å². The van der Waals surface area contributed by atoms with Gasteiger partial charge in [-0.25, -0.2) is 4.98 Å². The number of aromatic amines is 1. The predicted molar refractivity (Wildman–Crippen MR) is 57.0 cm³/mol. The van der Waals surface area contributed by atoms with Gasteiger partial charge in [-0.3, -0.25) is 0 Å². The lowest BCUT2D eigenvalue weighted by Gasteiger charge is -2.19. The van der Waals surface area contributed by atoms with Crippen molar-refractivity contribution < 1.29 is 0 Å². The normalized spacial score (nSPS) is 21.0. The second-order valence-electron chi connectivity index (χ2n) is 4.35. The smallest absolute Gasteiger partial charge is 0.122 e. The first kappa shape index (κ1) is 9.71. The van der Waals surface area contributed by atoms with Crippen molar-refractivity contribution in [1.82, 2.24) is 9.97 Å². The molecule has 1 aromatic rings. The summed E-state index contributed by atoms with van der Waals surface area (Å²) >= 11 is 0. The molecule has 2 rings (SSSR count). The van der Waals surface area contributed by atoms with Gasteiger partial charge in [-0.15, -0.1) is 0 Å². The van der Waals surface area contributed by atoms with Crippen molar-refractivity contribution in [2.24, 2.45) is 5.73 Å². The first-order valence-corrected chi connectivity index (χ1v) is 5.58. The first-order chi connectivity index (χ1) is 6.77. The third kappa shape index (κ3) is 1.98. The molecule has 3 nitrogen and oxygen atoms in total. The van der Waals surface area contributed by atoms with Gasteiger partial charge in [0.25, 0.3) is 0 Å². The predicted octanol–water partition coefficient (Wildman–Crippen LogP) is 2.48. The number of nitrogens with two attached hydrogens (primary N) is 1. The molecule has 1 aliphatic carbocycles. The maximum Gasteiger partial charge on any atom is 0.122 e. The maximum atomic E-state index is 5.76. The largest absolute Gasteiger partial charge is 0.344 e. The van der Waals surface area contributed by atoms with Crippen molar-refractivity contribution in [1.29, 1.82) is 0 Å². The summed E-state index contributed by atoms with van der Waals surface area (Å²) in [6.07, 6.45) is 8.69. The number of nitrogens with one attached hydrogen (secondary N) is 1. The Morgan fingerprint density at radius 1 is 1.43 bits per heavy atom. The zero-order valence-corrected chi connectivity index (χ0v) is 8.79. The molecule has 1 atom stereocenters. The molecule has 0 aromatic carbocycles. The van der Waals surface area contributed by atoms with Crippen LogP contribution in [0, 0.1) is 0 Å². The van der Waals surface area contributed by atoms with Crippen LogP contribution in [0.5, 0.6) is 0 Å². The molecule has 0 radical (unpaired) electrons. The third-order valence-corrected chi connectivity index (χ3v) is 3.09. The zero-order valence-electron chi connectivity index (χ0n) is 8.79. The number of H-pyrrole nitrogens is 1. The molecule has 0 amide bonds. The molecular weight excluding hydrogens is 174 g/mol. The molecule has 1 heterocycles. The molecule has 0 spiro atoms. The Kier molecular flexibility index (Phi) is 2.87. The molecular formula is C11H19N3. The van der Waals surface area contributed by atoms with Crippen molar-refractivity contribution >= 4 is 0 Å². The average Bonchev–Trinajstić information content (AvgIpc) is 2.68. The molecule has 1 unspecified atom stereocenters. The van der Waals surface area contributed by atoms with Crippen molar-refractivity contribution in [2.45, 2.75) is 51.0 Å². The van der Waals surface area contributed by atoms with Gasteiger partial charge in [0.2, 0.25) is 0 Å². The van der Waals surface area contributed by atoms with Crippen LogP contribution >= 0.6 is 0 Å². The molecule has 3 N–H and O–H groups in total. The minimum atomic E-state index is 0.0207. The van der Waals surface area contributed by atoms with E-state index in [4.69, 9.17) is 5.73 Å².